The minimum Gasteiger partial charge on any atom is -0.368 e. The Balaban J connectivity index is 1.62. The zero-order chi connectivity index (χ0) is 14.9. The van der Waals surface area contributed by atoms with E-state index >= 15 is 0 Å². The molecule has 5 nitrogen and oxygen atoms in total. The van der Waals surface area contributed by atoms with Crippen molar-refractivity contribution in [3.63, 3.8) is 0 Å². The maximum absolute atomic E-state index is 11.9. The van der Waals surface area contributed by atoms with Gasteiger partial charge in [-0.2, -0.15) is 0 Å². The number of carbonyl (C=O) groups is 1. The normalized spacial score (nSPS) is 38.3. The average Bonchev–Trinajstić information content (AvgIpc) is 2.93. The maximum Gasteiger partial charge on any atom is 0.237 e. The summed E-state index contributed by atoms with van der Waals surface area (Å²) in [6, 6.07) is 1.27. The highest BCUT2D eigenvalue weighted by Gasteiger charge is 2.46. The third-order valence-corrected chi connectivity index (χ3v) is 5.86. The molecule has 0 aromatic rings. The average molecular weight is 294 g/mol. The lowest BCUT2D eigenvalue weighted by Gasteiger charge is -2.46. The second-order valence-electron chi connectivity index (χ2n) is 7.05. The van der Waals surface area contributed by atoms with E-state index in [1.807, 2.05) is 0 Å². The van der Waals surface area contributed by atoms with Crippen molar-refractivity contribution in [1.82, 2.24) is 15.1 Å². The number of piperazine rings is 1. The van der Waals surface area contributed by atoms with Crippen LogP contribution in [0.3, 0.4) is 0 Å². The number of fused-ring (bicyclic) bond motifs is 1. The first-order valence-corrected chi connectivity index (χ1v) is 8.67. The van der Waals surface area contributed by atoms with Gasteiger partial charge in [0.15, 0.2) is 0 Å². The van der Waals surface area contributed by atoms with E-state index in [9.17, 15) is 4.79 Å². The fourth-order valence-corrected chi connectivity index (χ4v) is 4.65. The summed E-state index contributed by atoms with van der Waals surface area (Å²) in [6.07, 6.45) is 6.97. The van der Waals surface area contributed by atoms with E-state index in [4.69, 9.17) is 5.73 Å². The number of nitrogens with zero attached hydrogens (tertiary/aromatic N) is 2. The lowest BCUT2D eigenvalue weighted by atomic mass is 9.95. The van der Waals surface area contributed by atoms with E-state index in [1.54, 1.807) is 0 Å². The zero-order valence-corrected chi connectivity index (χ0v) is 13.3. The Kier molecular flexibility index (Phi) is 4.52. The van der Waals surface area contributed by atoms with Crippen LogP contribution in [0.5, 0.6) is 0 Å². The third kappa shape index (κ3) is 2.96. The van der Waals surface area contributed by atoms with Gasteiger partial charge < -0.3 is 11.1 Å². The summed E-state index contributed by atoms with van der Waals surface area (Å²) in [4.78, 5) is 17.2. The molecule has 1 saturated carbocycles. The minimum absolute atomic E-state index is 0.164. The number of primary amides is 1. The van der Waals surface area contributed by atoms with Crippen LogP contribution >= 0.6 is 0 Å². The molecule has 1 aliphatic carbocycles. The monoisotopic (exact) mass is 294 g/mol. The Morgan fingerprint density at radius 2 is 2.00 bits per heavy atom. The van der Waals surface area contributed by atoms with Crippen LogP contribution in [0.2, 0.25) is 0 Å². The summed E-state index contributed by atoms with van der Waals surface area (Å²) in [5, 5.41) is 3.37. The van der Waals surface area contributed by atoms with Crippen molar-refractivity contribution >= 4 is 5.91 Å². The van der Waals surface area contributed by atoms with Crippen LogP contribution in [0.4, 0.5) is 0 Å². The molecule has 3 fully saturated rings. The molecule has 0 aromatic carbocycles. The van der Waals surface area contributed by atoms with Gasteiger partial charge in [-0.05, 0) is 45.2 Å². The quantitative estimate of drug-likeness (QED) is 0.794. The van der Waals surface area contributed by atoms with E-state index in [2.05, 4.69) is 22.0 Å². The van der Waals surface area contributed by atoms with Gasteiger partial charge in [0, 0.05) is 31.7 Å². The molecule has 2 saturated heterocycles. The summed E-state index contributed by atoms with van der Waals surface area (Å²) in [5.74, 6) is -0.164. The first kappa shape index (κ1) is 15.3. The van der Waals surface area contributed by atoms with Crippen molar-refractivity contribution in [2.75, 3.05) is 32.7 Å². The molecule has 3 unspecified atom stereocenters. The fourth-order valence-electron chi connectivity index (χ4n) is 4.65. The summed E-state index contributed by atoms with van der Waals surface area (Å²) < 4.78 is 0. The van der Waals surface area contributed by atoms with Gasteiger partial charge in [0.25, 0.3) is 0 Å². The van der Waals surface area contributed by atoms with Crippen molar-refractivity contribution in [3.8, 4) is 0 Å². The third-order valence-electron chi connectivity index (χ3n) is 5.86. The van der Waals surface area contributed by atoms with Gasteiger partial charge >= 0.3 is 0 Å². The van der Waals surface area contributed by atoms with Crippen LogP contribution in [-0.4, -0.2) is 66.1 Å². The molecule has 3 rings (SSSR count). The summed E-state index contributed by atoms with van der Waals surface area (Å²) in [5.41, 5.74) is 5.23. The Labute approximate surface area is 128 Å². The second-order valence-corrected chi connectivity index (χ2v) is 7.05. The number of amides is 1. The molecular weight excluding hydrogens is 264 g/mol. The Bertz CT molecular complexity index is 388. The molecule has 0 radical (unpaired) electrons. The van der Waals surface area contributed by atoms with Crippen molar-refractivity contribution in [2.45, 2.75) is 63.1 Å². The maximum atomic E-state index is 11.9. The van der Waals surface area contributed by atoms with E-state index in [1.165, 1.54) is 38.9 Å². The number of likely N-dealkylation sites (N-methyl/N-ethyl adjacent to an activating group) is 1. The van der Waals surface area contributed by atoms with Gasteiger partial charge in [0.2, 0.25) is 5.91 Å². The van der Waals surface area contributed by atoms with Crippen LogP contribution in [-0.2, 0) is 4.79 Å². The topological polar surface area (TPSA) is 61.6 Å². The molecule has 120 valence electrons. The highest BCUT2D eigenvalue weighted by atomic mass is 16.1. The minimum atomic E-state index is -0.455. The summed E-state index contributed by atoms with van der Waals surface area (Å²) in [7, 11) is 0. The van der Waals surface area contributed by atoms with Crippen LogP contribution in [0.1, 0.15) is 45.4 Å². The number of piperidine rings is 1. The van der Waals surface area contributed by atoms with Crippen molar-refractivity contribution < 1.29 is 4.79 Å². The standard InChI is InChI=1S/C16H30N4O/c1-2-18-16(15(17)21)7-6-13(11-16)20-10-9-19-8-4-3-5-14(19)12-20/h13-14,18H,2-12H2,1H3,(H2,17,21). The van der Waals surface area contributed by atoms with Gasteiger partial charge in [-0.15, -0.1) is 0 Å². The predicted octanol–water partition coefficient (Wildman–Crippen LogP) is 0.543. The lowest BCUT2D eigenvalue weighted by molar-refractivity contribution is -0.124. The van der Waals surface area contributed by atoms with E-state index < -0.39 is 5.54 Å². The molecule has 3 atom stereocenters. The first-order valence-electron chi connectivity index (χ1n) is 8.67. The number of rotatable bonds is 4. The lowest BCUT2D eigenvalue weighted by Crippen LogP contribution is -2.58. The number of carbonyl (C=O) groups excluding carboxylic acids is 1. The van der Waals surface area contributed by atoms with Gasteiger partial charge in [-0.25, -0.2) is 0 Å². The summed E-state index contributed by atoms with van der Waals surface area (Å²) in [6.45, 7) is 7.69. The van der Waals surface area contributed by atoms with Gasteiger partial charge in [-0.1, -0.05) is 13.3 Å². The second kappa shape index (κ2) is 6.23. The van der Waals surface area contributed by atoms with Gasteiger partial charge in [0.05, 0.1) is 5.54 Å². The highest BCUT2D eigenvalue weighted by molar-refractivity contribution is 5.85. The largest absolute Gasteiger partial charge is 0.368 e. The molecule has 0 spiro atoms. The van der Waals surface area contributed by atoms with E-state index in [-0.39, 0.29) is 5.91 Å². The molecule has 1 amide bonds. The Morgan fingerprint density at radius 3 is 2.76 bits per heavy atom. The fraction of sp³-hybridized carbons (Fsp3) is 0.938. The molecule has 0 aromatic heterocycles. The van der Waals surface area contributed by atoms with Crippen LogP contribution in [0.25, 0.3) is 0 Å². The molecule has 5 heteroatoms. The molecule has 2 aliphatic heterocycles. The highest BCUT2D eigenvalue weighted by Crippen LogP contribution is 2.34. The number of hydrogen-bond acceptors (Lipinski definition) is 4. The van der Waals surface area contributed by atoms with Crippen molar-refractivity contribution in [3.05, 3.63) is 0 Å². The SMILES string of the molecule is CCNC1(C(N)=O)CCC(N2CCN3CCCCC3C2)C1. The number of nitrogens with one attached hydrogen (secondary N) is 1. The van der Waals surface area contributed by atoms with E-state index in [0.717, 1.165) is 38.4 Å². The van der Waals surface area contributed by atoms with Crippen LogP contribution < -0.4 is 11.1 Å². The predicted molar refractivity (Wildman–Crippen MR) is 84.0 cm³/mol. The molecule has 0 bridgehead atoms. The van der Waals surface area contributed by atoms with Crippen LogP contribution in [0, 0.1) is 0 Å². The number of hydrogen-bond donors (Lipinski definition) is 2. The Morgan fingerprint density at radius 1 is 1.19 bits per heavy atom. The van der Waals surface area contributed by atoms with Crippen molar-refractivity contribution in [2.24, 2.45) is 5.73 Å². The molecule has 3 N–H and O–H groups in total. The molecular formula is C16H30N4O. The summed E-state index contributed by atoms with van der Waals surface area (Å²) >= 11 is 0. The van der Waals surface area contributed by atoms with Crippen LogP contribution in [0.15, 0.2) is 0 Å². The first-order chi connectivity index (χ1) is 10.1. The van der Waals surface area contributed by atoms with Gasteiger partial charge in [-0.3, -0.25) is 14.6 Å². The van der Waals surface area contributed by atoms with Gasteiger partial charge in [0.1, 0.15) is 0 Å². The van der Waals surface area contributed by atoms with E-state index in [0.29, 0.717) is 6.04 Å². The molecule has 21 heavy (non-hydrogen) atoms. The zero-order valence-electron chi connectivity index (χ0n) is 13.3. The molecule has 2 heterocycles. The smallest absolute Gasteiger partial charge is 0.237 e. The van der Waals surface area contributed by atoms with Crippen molar-refractivity contribution in [1.29, 1.82) is 0 Å². The Hall–Kier alpha value is -0.650. The number of nitrogens with two attached hydrogens (primary N) is 1. The molecule has 3 aliphatic rings.